The van der Waals surface area contributed by atoms with Gasteiger partial charge in [0.05, 0.1) is 0 Å². The minimum atomic E-state index is -0.797. The van der Waals surface area contributed by atoms with E-state index in [9.17, 15) is 13.6 Å². The molecule has 2 nitrogen and oxygen atoms in total. The lowest BCUT2D eigenvalue weighted by Gasteiger charge is -2.07. The summed E-state index contributed by atoms with van der Waals surface area (Å²) in [6.45, 7) is 0. The molecule has 0 bridgehead atoms. The lowest BCUT2D eigenvalue weighted by Crippen LogP contribution is -2.14. The Hall–Kier alpha value is -1.50. The first-order valence-corrected chi connectivity index (χ1v) is 6.17. The number of hydrogen-bond donors (Lipinski definition) is 1. The van der Waals surface area contributed by atoms with Crippen molar-refractivity contribution in [3.63, 3.8) is 0 Å². The van der Waals surface area contributed by atoms with Crippen LogP contribution in [0, 0.1) is 15.2 Å². The van der Waals surface area contributed by atoms with Crippen molar-refractivity contribution in [2.45, 2.75) is 0 Å². The fourth-order valence-corrected chi connectivity index (χ4v) is 1.76. The van der Waals surface area contributed by atoms with E-state index in [1.54, 1.807) is 24.3 Å². The highest BCUT2D eigenvalue weighted by atomic mass is 127. The number of amides is 1. The van der Waals surface area contributed by atoms with Crippen molar-refractivity contribution in [1.29, 1.82) is 0 Å². The first-order valence-electron chi connectivity index (χ1n) is 5.09. The SMILES string of the molecule is O=C(Nc1c(F)cccc1F)c1ccc(I)cc1. The summed E-state index contributed by atoms with van der Waals surface area (Å²) in [7, 11) is 0. The van der Waals surface area contributed by atoms with E-state index >= 15 is 0 Å². The number of carbonyl (C=O) groups is 1. The van der Waals surface area contributed by atoms with Crippen LogP contribution in [0.5, 0.6) is 0 Å². The fraction of sp³-hybridized carbons (Fsp3) is 0. The minimum Gasteiger partial charge on any atom is -0.317 e. The number of carbonyl (C=O) groups excluding carboxylic acids is 1. The zero-order valence-corrected chi connectivity index (χ0v) is 11.2. The standard InChI is InChI=1S/C13H8F2INO/c14-10-2-1-3-11(15)12(10)17-13(18)8-4-6-9(16)7-5-8/h1-7H,(H,17,18). The maximum absolute atomic E-state index is 13.3. The zero-order chi connectivity index (χ0) is 13.1. The maximum atomic E-state index is 13.3. The van der Waals surface area contributed by atoms with Gasteiger partial charge in [-0.15, -0.1) is 0 Å². The van der Waals surface area contributed by atoms with E-state index in [4.69, 9.17) is 0 Å². The molecule has 0 spiro atoms. The van der Waals surface area contributed by atoms with Gasteiger partial charge in [0.1, 0.15) is 17.3 Å². The Morgan fingerprint density at radius 1 is 1.00 bits per heavy atom. The van der Waals surface area contributed by atoms with Crippen LogP contribution in [0.4, 0.5) is 14.5 Å². The number of benzene rings is 2. The van der Waals surface area contributed by atoms with Crippen LogP contribution in [0.25, 0.3) is 0 Å². The molecule has 0 aliphatic carbocycles. The molecule has 0 saturated carbocycles. The molecular formula is C13H8F2INO. The van der Waals surface area contributed by atoms with Crippen molar-refractivity contribution in [2.75, 3.05) is 5.32 Å². The second-order valence-electron chi connectivity index (χ2n) is 3.56. The van der Waals surface area contributed by atoms with E-state index in [1.807, 2.05) is 0 Å². The molecule has 0 radical (unpaired) electrons. The molecule has 0 aliphatic heterocycles. The highest BCUT2D eigenvalue weighted by Crippen LogP contribution is 2.19. The lowest BCUT2D eigenvalue weighted by atomic mass is 10.2. The van der Waals surface area contributed by atoms with Gasteiger partial charge in [-0.05, 0) is 59.0 Å². The molecule has 0 saturated heterocycles. The Morgan fingerprint density at radius 3 is 2.11 bits per heavy atom. The fourth-order valence-electron chi connectivity index (χ4n) is 1.40. The number of halogens is 3. The molecule has 2 aromatic rings. The van der Waals surface area contributed by atoms with Gasteiger partial charge >= 0.3 is 0 Å². The number of hydrogen-bond acceptors (Lipinski definition) is 1. The van der Waals surface area contributed by atoms with Gasteiger partial charge in [0.2, 0.25) is 0 Å². The summed E-state index contributed by atoms with van der Waals surface area (Å²) in [6, 6.07) is 10.1. The van der Waals surface area contributed by atoms with Crippen LogP contribution in [-0.2, 0) is 0 Å². The van der Waals surface area contributed by atoms with Crippen LogP contribution in [0.1, 0.15) is 10.4 Å². The smallest absolute Gasteiger partial charge is 0.255 e. The van der Waals surface area contributed by atoms with E-state index in [1.165, 1.54) is 6.07 Å². The monoisotopic (exact) mass is 359 g/mol. The Balaban J connectivity index is 2.24. The van der Waals surface area contributed by atoms with Crippen molar-refractivity contribution >= 4 is 34.2 Å². The molecule has 0 heterocycles. The van der Waals surface area contributed by atoms with Crippen LogP contribution in [0.3, 0.4) is 0 Å². The summed E-state index contributed by atoms with van der Waals surface area (Å²) in [5.74, 6) is -2.14. The average Bonchev–Trinajstić information content (AvgIpc) is 2.34. The number of para-hydroxylation sites is 1. The topological polar surface area (TPSA) is 29.1 Å². The Kier molecular flexibility index (Phi) is 3.90. The van der Waals surface area contributed by atoms with Crippen molar-refractivity contribution in [2.24, 2.45) is 0 Å². The molecule has 18 heavy (non-hydrogen) atoms. The molecule has 0 unspecified atom stereocenters. The lowest BCUT2D eigenvalue weighted by molar-refractivity contribution is 0.102. The van der Waals surface area contributed by atoms with Crippen LogP contribution in [0.15, 0.2) is 42.5 Å². The summed E-state index contributed by atoms with van der Waals surface area (Å²) in [4.78, 5) is 11.8. The van der Waals surface area contributed by atoms with Gasteiger partial charge in [0, 0.05) is 9.13 Å². The van der Waals surface area contributed by atoms with E-state index in [0.717, 1.165) is 15.7 Å². The molecule has 92 valence electrons. The number of nitrogens with one attached hydrogen (secondary N) is 1. The third kappa shape index (κ3) is 2.84. The van der Waals surface area contributed by atoms with Gasteiger partial charge in [-0.2, -0.15) is 0 Å². The zero-order valence-electron chi connectivity index (χ0n) is 9.08. The third-order valence-corrected chi connectivity index (χ3v) is 3.03. The van der Waals surface area contributed by atoms with Crippen molar-refractivity contribution < 1.29 is 13.6 Å². The molecule has 0 aromatic heterocycles. The van der Waals surface area contributed by atoms with Crippen LogP contribution in [0.2, 0.25) is 0 Å². The number of rotatable bonds is 2. The largest absolute Gasteiger partial charge is 0.317 e. The van der Waals surface area contributed by atoms with E-state index in [2.05, 4.69) is 27.9 Å². The van der Waals surface area contributed by atoms with Gasteiger partial charge in [-0.1, -0.05) is 6.07 Å². The minimum absolute atomic E-state index is 0.345. The van der Waals surface area contributed by atoms with Crippen molar-refractivity contribution in [1.82, 2.24) is 0 Å². The van der Waals surface area contributed by atoms with Crippen LogP contribution < -0.4 is 5.32 Å². The van der Waals surface area contributed by atoms with E-state index in [-0.39, 0.29) is 0 Å². The van der Waals surface area contributed by atoms with E-state index in [0.29, 0.717) is 5.56 Å². The molecule has 1 amide bonds. The normalized spacial score (nSPS) is 10.2. The predicted octanol–water partition coefficient (Wildman–Crippen LogP) is 3.82. The molecule has 2 rings (SSSR count). The van der Waals surface area contributed by atoms with Crippen LogP contribution in [-0.4, -0.2) is 5.91 Å². The molecule has 1 N–H and O–H groups in total. The highest BCUT2D eigenvalue weighted by Gasteiger charge is 2.12. The second kappa shape index (κ2) is 5.43. The summed E-state index contributed by atoms with van der Waals surface area (Å²) >= 11 is 2.10. The molecule has 2 aromatic carbocycles. The summed E-state index contributed by atoms with van der Waals surface area (Å²) in [5, 5.41) is 2.22. The van der Waals surface area contributed by atoms with Gasteiger partial charge in [0.15, 0.2) is 0 Å². The second-order valence-corrected chi connectivity index (χ2v) is 4.80. The number of anilines is 1. The molecule has 0 atom stereocenters. The maximum Gasteiger partial charge on any atom is 0.255 e. The quantitative estimate of drug-likeness (QED) is 0.812. The molecule has 0 aliphatic rings. The summed E-state index contributed by atoms with van der Waals surface area (Å²) in [6.07, 6.45) is 0. The van der Waals surface area contributed by atoms with Gasteiger partial charge in [-0.25, -0.2) is 8.78 Å². The van der Waals surface area contributed by atoms with Crippen molar-refractivity contribution in [3.8, 4) is 0 Å². The summed E-state index contributed by atoms with van der Waals surface area (Å²) in [5.41, 5.74) is -0.0841. The third-order valence-electron chi connectivity index (χ3n) is 2.31. The van der Waals surface area contributed by atoms with Gasteiger partial charge in [0.25, 0.3) is 5.91 Å². The first-order chi connectivity index (χ1) is 8.58. The molecule has 5 heteroatoms. The van der Waals surface area contributed by atoms with Gasteiger partial charge in [-0.3, -0.25) is 4.79 Å². The van der Waals surface area contributed by atoms with Crippen LogP contribution >= 0.6 is 22.6 Å². The first kappa shape index (κ1) is 12.9. The summed E-state index contributed by atoms with van der Waals surface area (Å²) < 4.78 is 27.6. The predicted molar refractivity (Wildman–Crippen MR) is 73.5 cm³/mol. The van der Waals surface area contributed by atoms with Crippen molar-refractivity contribution in [3.05, 3.63) is 63.2 Å². The average molecular weight is 359 g/mol. The highest BCUT2D eigenvalue weighted by molar-refractivity contribution is 14.1. The molecular weight excluding hydrogens is 351 g/mol. The molecule has 0 fully saturated rings. The Morgan fingerprint density at radius 2 is 1.56 bits per heavy atom. The Bertz CT molecular complexity index is 564. The van der Waals surface area contributed by atoms with Gasteiger partial charge < -0.3 is 5.32 Å². The Labute approximate surface area is 116 Å². The van der Waals surface area contributed by atoms with E-state index < -0.39 is 23.2 Å².